The molecule has 3 nitrogen and oxygen atoms in total. The molecule has 2 aromatic rings. The Morgan fingerprint density at radius 2 is 1.86 bits per heavy atom. The van der Waals surface area contributed by atoms with Crippen molar-refractivity contribution in [3.05, 3.63) is 30.1 Å². The molecule has 0 saturated heterocycles. The van der Waals surface area contributed by atoms with Gasteiger partial charge in [-0.2, -0.15) is 0 Å². The number of rotatable bonds is 10. The van der Waals surface area contributed by atoms with Crippen molar-refractivity contribution in [2.24, 2.45) is 0 Å². The summed E-state index contributed by atoms with van der Waals surface area (Å²) in [7, 11) is 2.00. The van der Waals surface area contributed by atoms with Gasteiger partial charge in [0.15, 0.2) is 0 Å². The molecule has 0 aliphatic rings. The Kier molecular flexibility index (Phi) is 6.74. The summed E-state index contributed by atoms with van der Waals surface area (Å²) in [6, 6.07) is 4.20. The van der Waals surface area contributed by atoms with Crippen molar-refractivity contribution in [2.45, 2.75) is 65.0 Å². The minimum absolute atomic E-state index is 0.909. The minimum atomic E-state index is 0.909. The van der Waals surface area contributed by atoms with Crippen molar-refractivity contribution in [3.63, 3.8) is 0 Å². The molecule has 1 N–H and O–H groups in total. The first-order valence-corrected chi connectivity index (χ1v) is 8.44. The van der Waals surface area contributed by atoms with E-state index in [4.69, 9.17) is 0 Å². The molecule has 0 fully saturated rings. The monoisotopic (exact) mass is 287 g/mol. The number of aryl methyl sites for hydroxylation is 1. The number of hydrogen-bond donors (Lipinski definition) is 1. The van der Waals surface area contributed by atoms with Gasteiger partial charge >= 0.3 is 0 Å². The molecule has 21 heavy (non-hydrogen) atoms. The van der Waals surface area contributed by atoms with Gasteiger partial charge in [-0.05, 0) is 31.2 Å². The summed E-state index contributed by atoms with van der Waals surface area (Å²) in [6.07, 6.45) is 13.6. The Morgan fingerprint density at radius 3 is 2.62 bits per heavy atom. The van der Waals surface area contributed by atoms with E-state index in [0.717, 1.165) is 18.7 Å². The summed E-state index contributed by atoms with van der Waals surface area (Å²) in [5.74, 6) is 0. The van der Waals surface area contributed by atoms with E-state index in [1.807, 2.05) is 19.3 Å². The average molecular weight is 287 g/mol. The van der Waals surface area contributed by atoms with Crippen LogP contribution in [-0.4, -0.2) is 16.6 Å². The fourth-order valence-corrected chi connectivity index (χ4v) is 2.94. The van der Waals surface area contributed by atoms with Gasteiger partial charge in [-0.3, -0.25) is 0 Å². The largest absolute Gasteiger partial charge is 0.332 e. The first-order chi connectivity index (χ1) is 10.4. The molecule has 0 bridgehead atoms. The molecule has 0 amide bonds. The lowest BCUT2D eigenvalue weighted by molar-refractivity contribution is 0.554. The molecule has 2 heterocycles. The van der Waals surface area contributed by atoms with Gasteiger partial charge < -0.3 is 9.88 Å². The SMILES string of the molecule is CCCCCCCCCn1cc(CNC)c2cccnc21. The van der Waals surface area contributed by atoms with Crippen molar-refractivity contribution >= 4 is 11.0 Å². The number of nitrogens with one attached hydrogen (secondary N) is 1. The second-order valence-electron chi connectivity index (χ2n) is 5.87. The lowest BCUT2D eigenvalue weighted by Crippen LogP contribution is -2.04. The summed E-state index contributed by atoms with van der Waals surface area (Å²) < 4.78 is 2.33. The number of pyridine rings is 1. The van der Waals surface area contributed by atoms with Crippen LogP contribution in [0, 0.1) is 0 Å². The zero-order valence-corrected chi connectivity index (χ0v) is 13.6. The van der Waals surface area contributed by atoms with Crippen molar-refractivity contribution in [3.8, 4) is 0 Å². The fourth-order valence-electron chi connectivity index (χ4n) is 2.94. The van der Waals surface area contributed by atoms with Crippen LogP contribution in [-0.2, 0) is 13.1 Å². The number of aromatic nitrogens is 2. The summed E-state index contributed by atoms with van der Waals surface area (Å²) >= 11 is 0. The Balaban J connectivity index is 1.87. The number of unbranched alkanes of at least 4 members (excludes halogenated alkanes) is 6. The molecule has 0 radical (unpaired) electrons. The molecule has 0 aliphatic carbocycles. The molecule has 2 aromatic heterocycles. The van der Waals surface area contributed by atoms with Crippen molar-refractivity contribution in [1.82, 2.24) is 14.9 Å². The fraction of sp³-hybridized carbons (Fsp3) is 0.611. The van der Waals surface area contributed by atoms with E-state index in [1.54, 1.807) is 0 Å². The van der Waals surface area contributed by atoms with Crippen LogP contribution < -0.4 is 5.32 Å². The summed E-state index contributed by atoms with van der Waals surface area (Å²) in [5.41, 5.74) is 2.48. The molecule has 0 atom stereocenters. The molecule has 2 rings (SSSR count). The lowest BCUT2D eigenvalue weighted by atomic mass is 10.1. The van der Waals surface area contributed by atoms with Gasteiger partial charge in [-0.1, -0.05) is 45.4 Å². The van der Waals surface area contributed by atoms with Crippen LogP contribution in [0.25, 0.3) is 11.0 Å². The summed E-state index contributed by atoms with van der Waals surface area (Å²) in [5, 5.41) is 4.53. The first kappa shape index (κ1) is 16.0. The van der Waals surface area contributed by atoms with E-state index < -0.39 is 0 Å². The topological polar surface area (TPSA) is 29.9 Å². The predicted molar refractivity (Wildman–Crippen MR) is 90.5 cm³/mol. The second-order valence-corrected chi connectivity index (χ2v) is 5.87. The van der Waals surface area contributed by atoms with Gasteiger partial charge in [-0.15, -0.1) is 0 Å². The van der Waals surface area contributed by atoms with Gasteiger partial charge in [0.05, 0.1) is 0 Å². The third-order valence-electron chi connectivity index (χ3n) is 4.09. The zero-order valence-electron chi connectivity index (χ0n) is 13.6. The molecule has 116 valence electrons. The highest BCUT2D eigenvalue weighted by Gasteiger charge is 2.08. The normalized spacial score (nSPS) is 11.3. The molecule has 0 saturated carbocycles. The molecule has 0 aliphatic heterocycles. The van der Waals surface area contributed by atoms with Crippen LogP contribution in [0.4, 0.5) is 0 Å². The first-order valence-electron chi connectivity index (χ1n) is 8.44. The zero-order chi connectivity index (χ0) is 14.9. The van der Waals surface area contributed by atoms with Crippen LogP contribution >= 0.6 is 0 Å². The highest BCUT2D eigenvalue weighted by atomic mass is 15.0. The second kappa shape index (κ2) is 8.83. The number of hydrogen-bond acceptors (Lipinski definition) is 2. The van der Waals surface area contributed by atoms with Crippen LogP contribution in [0.1, 0.15) is 57.4 Å². The van der Waals surface area contributed by atoms with Gasteiger partial charge in [-0.25, -0.2) is 4.98 Å². The maximum absolute atomic E-state index is 4.56. The smallest absolute Gasteiger partial charge is 0.140 e. The third kappa shape index (κ3) is 4.57. The van der Waals surface area contributed by atoms with Gasteiger partial charge in [0.2, 0.25) is 0 Å². The Hall–Kier alpha value is -1.35. The van der Waals surface area contributed by atoms with Crippen LogP contribution in [0.15, 0.2) is 24.5 Å². The average Bonchev–Trinajstić information content (AvgIpc) is 2.85. The molecule has 0 unspecified atom stereocenters. The molecular weight excluding hydrogens is 258 g/mol. The molecular formula is C18H29N3. The minimum Gasteiger partial charge on any atom is -0.332 e. The van der Waals surface area contributed by atoms with E-state index in [0.29, 0.717) is 0 Å². The molecule has 3 heteroatoms. The van der Waals surface area contributed by atoms with Gasteiger partial charge in [0, 0.05) is 30.9 Å². The lowest BCUT2D eigenvalue weighted by Gasteiger charge is -2.04. The Labute approximate surface area is 128 Å². The number of nitrogens with zero attached hydrogens (tertiary/aromatic N) is 2. The third-order valence-corrected chi connectivity index (χ3v) is 4.09. The molecule has 0 aromatic carbocycles. The highest BCUT2D eigenvalue weighted by Crippen LogP contribution is 2.20. The van der Waals surface area contributed by atoms with E-state index in [1.165, 1.54) is 55.9 Å². The highest BCUT2D eigenvalue weighted by molar-refractivity contribution is 5.80. The van der Waals surface area contributed by atoms with Crippen LogP contribution in [0.3, 0.4) is 0 Å². The van der Waals surface area contributed by atoms with Crippen molar-refractivity contribution in [1.29, 1.82) is 0 Å². The Morgan fingerprint density at radius 1 is 1.10 bits per heavy atom. The Bertz CT molecular complexity index is 530. The van der Waals surface area contributed by atoms with Crippen molar-refractivity contribution < 1.29 is 0 Å². The summed E-state index contributed by atoms with van der Waals surface area (Å²) in [6.45, 7) is 4.27. The van der Waals surface area contributed by atoms with E-state index in [9.17, 15) is 0 Å². The predicted octanol–water partition coefficient (Wildman–Crippen LogP) is 4.51. The standard InChI is InChI=1S/C18H29N3/c1-3-4-5-6-7-8-9-13-21-15-16(14-19-2)17-11-10-12-20-18(17)21/h10-12,15,19H,3-9,13-14H2,1-2H3. The maximum Gasteiger partial charge on any atom is 0.140 e. The van der Waals surface area contributed by atoms with Crippen LogP contribution in [0.5, 0.6) is 0 Å². The maximum atomic E-state index is 4.56. The summed E-state index contributed by atoms with van der Waals surface area (Å²) in [4.78, 5) is 4.56. The van der Waals surface area contributed by atoms with E-state index in [-0.39, 0.29) is 0 Å². The molecule has 0 spiro atoms. The van der Waals surface area contributed by atoms with Crippen molar-refractivity contribution in [2.75, 3.05) is 7.05 Å². The van der Waals surface area contributed by atoms with Crippen LogP contribution in [0.2, 0.25) is 0 Å². The van der Waals surface area contributed by atoms with E-state index >= 15 is 0 Å². The van der Waals surface area contributed by atoms with E-state index in [2.05, 4.69) is 34.1 Å². The number of fused-ring (bicyclic) bond motifs is 1. The quantitative estimate of drug-likeness (QED) is 0.652. The van der Waals surface area contributed by atoms with Gasteiger partial charge in [0.25, 0.3) is 0 Å². The van der Waals surface area contributed by atoms with Gasteiger partial charge in [0.1, 0.15) is 5.65 Å².